The molecule has 0 aliphatic rings. The number of ether oxygens (including phenoxy) is 2. The van der Waals surface area contributed by atoms with Crippen LogP contribution in [0.1, 0.15) is 25.3 Å². The molecule has 1 rings (SSSR count). The van der Waals surface area contributed by atoms with E-state index in [9.17, 15) is 9.59 Å². The minimum Gasteiger partial charge on any atom is -0.466 e. The van der Waals surface area contributed by atoms with Crippen LogP contribution in [0.25, 0.3) is 0 Å². The first-order chi connectivity index (χ1) is 9.13. The van der Waals surface area contributed by atoms with Gasteiger partial charge in [0.05, 0.1) is 19.6 Å². The molecule has 0 unspecified atom stereocenters. The van der Waals surface area contributed by atoms with Crippen LogP contribution in [0.5, 0.6) is 0 Å². The predicted octanol–water partition coefficient (Wildman–Crippen LogP) is 2.88. The van der Waals surface area contributed by atoms with Crippen molar-refractivity contribution in [2.45, 2.75) is 26.4 Å². The standard InChI is InChI=1S/C14H17BrO4/c1-2-19-14(17)8-7-12(16)10-18-9-11-5-3-4-6-13(11)15/h3-6H,2,7-10H2,1H3. The van der Waals surface area contributed by atoms with Gasteiger partial charge in [-0.1, -0.05) is 34.1 Å². The minimum absolute atomic E-state index is 0.0146. The van der Waals surface area contributed by atoms with Gasteiger partial charge in [0.1, 0.15) is 6.61 Å². The maximum absolute atomic E-state index is 11.5. The molecule has 0 aromatic heterocycles. The number of hydrogen-bond acceptors (Lipinski definition) is 4. The van der Waals surface area contributed by atoms with Gasteiger partial charge in [-0.2, -0.15) is 0 Å². The molecular weight excluding hydrogens is 312 g/mol. The van der Waals surface area contributed by atoms with Crippen molar-refractivity contribution >= 4 is 27.7 Å². The SMILES string of the molecule is CCOC(=O)CCC(=O)COCc1ccccc1Br. The van der Waals surface area contributed by atoms with Crippen molar-refractivity contribution in [1.82, 2.24) is 0 Å². The van der Waals surface area contributed by atoms with E-state index >= 15 is 0 Å². The molecule has 0 radical (unpaired) electrons. The third-order valence-corrected chi connectivity index (χ3v) is 3.17. The molecule has 0 amide bonds. The number of carbonyl (C=O) groups is 2. The van der Waals surface area contributed by atoms with Crippen LogP contribution in [0.2, 0.25) is 0 Å². The van der Waals surface area contributed by atoms with Gasteiger partial charge in [-0.15, -0.1) is 0 Å². The molecule has 0 saturated heterocycles. The monoisotopic (exact) mass is 328 g/mol. The lowest BCUT2D eigenvalue weighted by Crippen LogP contribution is -2.12. The molecule has 0 fully saturated rings. The summed E-state index contributed by atoms with van der Waals surface area (Å²) in [5.74, 6) is -0.443. The molecule has 1 aromatic rings. The van der Waals surface area contributed by atoms with Crippen LogP contribution in [-0.2, 0) is 25.7 Å². The van der Waals surface area contributed by atoms with Gasteiger partial charge >= 0.3 is 5.97 Å². The van der Waals surface area contributed by atoms with E-state index in [4.69, 9.17) is 9.47 Å². The summed E-state index contributed by atoms with van der Waals surface area (Å²) in [5.41, 5.74) is 0.987. The second-order valence-electron chi connectivity index (χ2n) is 3.93. The van der Waals surface area contributed by atoms with Gasteiger partial charge in [0, 0.05) is 10.9 Å². The fraction of sp³-hybridized carbons (Fsp3) is 0.429. The normalized spacial score (nSPS) is 10.2. The molecule has 4 nitrogen and oxygen atoms in total. The van der Waals surface area contributed by atoms with Gasteiger partial charge in [0.2, 0.25) is 0 Å². The van der Waals surface area contributed by atoms with Crippen molar-refractivity contribution in [1.29, 1.82) is 0 Å². The summed E-state index contributed by atoms with van der Waals surface area (Å²) < 4.78 is 11.0. The number of carbonyl (C=O) groups excluding carboxylic acids is 2. The lowest BCUT2D eigenvalue weighted by molar-refractivity contribution is -0.144. The van der Waals surface area contributed by atoms with E-state index < -0.39 is 0 Å². The van der Waals surface area contributed by atoms with Crippen molar-refractivity contribution in [3.63, 3.8) is 0 Å². The van der Waals surface area contributed by atoms with Crippen LogP contribution < -0.4 is 0 Å². The van der Waals surface area contributed by atoms with Crippen molar-refractivity contribution in [3.05, 3.63) is 34.3 Å². The molecule has 0 N–H and O–H groups in total. The number of benzene rings is 1. The zero-order valence-electron chi connectivity index (χ0n) is 10.9. The van der Waals surface area contributed by atoms with E-state index in [0.29, 0.717) is 13.2 Å². The summed E-state index contributed by atoms with van der Waals surface area (Å²) >= 11 is 3.40. The maximum atomic E-state index is 11.5. The molecule has 19 heavy (non-hydrogen) atoms. The number of ketones is 1. The minimum atomic E-state index is -0.346. The first-order valence-corrected chi connectivity index (χ1v) is 6.91. The third kappa shape index (κ3) is 6.50. The van der Waals surface area contributed by atoms with E-state index in [1.807, 2.05) is 24.3 Å². The van der Waals surface area contributed by atoms with Gasteiger partial charge in [0.25, 0.3) is 0 Å². The van der Waals surface area contributed by atoms with Crippen LogP contribution in [0.4, 0.5) is 0 Å². The van der Waals surface area contributed by atoms with E-state index in [-0.39, 0.29) is 31.2 Å². The Hall–Kier alpha value is -1.20. The van der Waals surface area contributed by atoms with Crippen LogP contribution in [-0.4, -0.2) is 25.0 Å². The Morgan fingerprint density at radius 2 is 1.95 bits per heavy atom. The van der Waals surface area contributed by atoms with Crippen LogP contribution in [0.15, 0.2) is 28.7 Å². The highest BCUT2D eigenvalue weighted by Crippen LogP contribution is 2.16. The summed E-state index contributed by atoms with van der Waals surface area (Å²) in [6.45, 7) is 2.46. The molecule has 0 aliphatic carbocycles. The summed E-state index contributed by atoms with van der Waals surface area (Å²) in [7, 11) is 0. The van der Waals surface area contributed by atoms with Gasteiger partial charge < -0.3 is 9.47 Å². The number of Topliss-reactive ketones (excluding diaryl/α,β-unsaturated/α-hetero) is 1. The second-order valence-corrected chi connectivity index (χ2v) is 4.78. The number of hydrogen-bond donors (Lipinski definition) is 0. The predicted molar refractivity (Wildman–Crippen MR) is 74.7 cm³/mol. The molecule has 5 heteroatoms. The fourth-order valence-corrected chi connectivity index (χ4v) is 1.84. The summed E-state index contributed by atoms with van der Waals surface area (Å²) in [6.07, 6.45) is 0.278. The molecule has 0 bridgehead atoms. The topological polar surface area (TPSA) is 52.6 Å². The van der Waals surface area contributed by atoms with Crippen LogP contribution >= 0.6 is 15.9 Å². The Kier molecular flexibility index (Phi) is 7.36. The van der Waals surface area contributed by atoms with E-state index in [0.717, 1.165) is 10.0 Å². The molecular formula is C14H17BrO4. The highest BCUT2D eigenvalue weighted by molar-refractivity contribution is 9.10. The number of halogens is 1. The lowest BCUT2D eigenvalue weighted by atomic mass is 10.2. The molecule has 104 valence electrons. The smallest absolute Gasteiger partial charge is 0.306 e. The molecule has 1 aromatic carbocycles. The molecule has 0 spiro atoms. The largest absolute Gasteiger partial charge is 0.466 e. The fourth-order valence-electron chi connectivity index (χ4n) is 1.44. The average molecular weight is 329 g/mol. The zero-order valence-corrected chi connectivity index (χ0v) is 12.4. The molecule has 0 saturated carbocycles. The van der Waals surface area contributed by atoms with Crippen molar-refractivity contribution in [2.75, 3.05) is 13.2 Å². The second kappa shape index (κ2) is 8.82. The van der Waals surface area contributed by atoms with Gasteiger partial charge in [-0.05, 0) is 18.6 Å². The van der Waals surface area contributed by atoms with E-state index in [2.05, 4.69) is 15.9 Å². The number of rotatable bonds is 8. The average Bonchev–Trinajstić information content (AvgIpc) is 2.39. The first kappa shape index (κ1) is 15.9. The Labute approximate surface area is 121 Å². The molecule has 0 aliphatic heterocycles. The summed E-state index contributed by atoms with van der Waals surface area (Å²) in [4.78, 5) is 22.5. The van der Waals surface area contributed by atoms with Crippen molar-refractivity contribution < 1.29 is 19.1 Å². The van der Waals surface area contributed by atoms with Gasteiger partial charge in [-0.25, -0.2) is 0 Å². The summed E-state index contributed by atoms with van der Waals surface area (Å²) in [6, 6.07) is 7.67. The van der Waals surface area contributed by atoms with Gasteiger partial charge in [-0.3, -0.25) is 9.59 Å². The Morgan fingerprint density at radius 1 is 1.21 bits per heavy atom. The molecule has 0 atom stereocenters. The van der Waals surface area contributed by atoms with E-state index in [1.165, 1.54) is 0 Å². The Morgan fingerprint density at radius 3 is 2.63 bits per heavy atom. The third-order valence-electron chi connectivity index (χ3n) is 2.39. The molecule has 0 heterocycles. The lowest BCUT2D eigenvalue weighted by Gasteiger charge is -2.05. The highest BCUT2D eigenvalue weighted by Gasteiger charge is 2.08. The summed E-state index contributed by atoms with van der Waals surface area (Å²) in [5, 5.41) is 0. The van der Waals surface area contributed by atoms with Crippen molar-refractivity contribution in [2.24, 2.45) is 0 Å². The Balaban J connectivity index is 2.21. The maximum Gasteiger partial charge on any atom is 0.306 e. The quantitative estimate of drug-likeness (QED) is 0.688. The van der Waals surface area contributed by atoms with Crippen LogP contribution in [0, 0.1) is 0 Å². The zero-order chi connectivity index (χ0) is 14.1. The Bertz CT molecular complexity index is 431. The van der Waals surface area contributed by atoms with Crippen molar-refractivity contribution in [3.8, 4) is 0 Å². The highest BCUT2D eigenvalue weighted by atomic mass is 79.9. The van der Waals surface area contributed by atoms with Gasteiger partial charge in [0.15, 0.2) is 5.78 Å². The number of esters is 1. The van der Waals surface area contributed by atoms with E-state index in [1.54, 1.807) is 6.92 Å². The first-order valence-electron chi connectivity index (χ1n) is 6.12. The van der Waals surface area contributed by atoms with Crippen LogP contribution in [0.3, 0.4) is 0 Å².